The predicted molar refractivity (Wildman–Crippen MR) is 76.2 cm³/mol. The average Bonchev–Trinajstić information content (AvgIpc) is 2.36. The summed E-state index contributed by atoms with van der Waals surface area (Å²) in [5.41, 5.74) is -0.344. The largest absolute Gasteiger partial charge is 0.481 e. The van der Waals surface area contributed by atoms with E-state index in [1.165, 1.54) is 6.07 Å². The molecule has 2 N–H and O–H groups in total. The smallest absolute Gasteiger partial charge is 0.310 e. The monoisotopic (exact) mass is 293 g/mol. The van der Waals surface area contributed by atoms with Gasteiger partial charge in [0.05, 0.1) is 5.41 Å². The van der Waals surface area contributed by atoms with Gasteiger partial charge in [-0.1, -0.05) is 24.6 Å². The van der Waals surface area contributed by atoms with E-state index in [9.17, 15) is 19.1 Å². The van der Waals surface area contributed by atoms with E-state index in [0.29, 0.717) is 24.8 Å². The zero-order valence-corrected chi connectivity index (χ0v) is 12.1. The SMILES string of the molecule is CC(Cc1ccccc1F)NC(=O)CC1(C(=O)O)CCC1. The van der Waals surface area contributed by atoms with Gasteiger partial charge in [-0.25, -0.2) is 4.39 Å². The third-order valence-electron chi connectivity index (χ3n) is 4.15. The Hall–Kier alpha value is -1.91. The van der Waals surface area contributed by atoms with Crippen molar-refractivity contribution < 1.29 is 19.1 Å². The highest BCUT2D eigenvalue weighted by molar-refractivity contribution is 5.85. The maximum atomic E-state index is 13.5. The molecule has 0 bridgehead atoms. The number of carbonyl (C=O) groups excluding carboxylic acids is 1. The summed E-state index contributed by atoms with van der Waals surface area (Å²) in [7, 11) is 0. The van der Waals surface area contributed by atoms with Gasteiger partial charge < -0.3 is 10.4 Å². The number of carboxylic acids is 1. The Labute approximate surface area is 123 Å². The lowest BCUT2D eigenvalue weighted by Gasteiger charge is -2.37. The van der Waals surface area contributed by atoms with E-state index in [0.717, 1.165) is 6.42 Å². The molecule has 1 amide bonds. The molecular weight excluding hydrogens is 273 g/mol. The van der Waals surface area contributed by atoms with E-state index in [2.05, 4.69) is 5.32 Å². The molecule has 1 aromatic carbocycles. The summed E-state index contributed by atoms with van der Waals surface area (Å²) in [6.07, 6.45) is 2.35. The Kier molecular flexibility index (Phi) is 4.60. The molecular formula is C16H20FNO3. The predicted octanol–water partition coefficient (Wildman–Crippen LogP) is 2.52. The van der Waals surface area contributed by atoms with Crippen LogP contribution in [0.4, 0.5) is 4.39 Å². The fraction of sp³-hybridized carbons (Fsp3) is 0.500. The molecule has 0 spiro atoms. The van der Waals surface area contributed by atoms with Crippen molar-refractivity contribution in [1.29, 1.82) is 0 Å². The van der Waals surface area contributed by atoms with Crippen molar-refractivity contribution in [3.63, 3.8) is 0 Å². The van der Waals surface area contributed by atoms with Crippen LogP contribution >= 0.6 is 0 Å². The third-order valence-corrected chi connectivity index (χ3v) is 4.15. The number of hydrogen-bond donors (Lipinski definition) is 2. The molecule has 0 radical (unpaired) electrons. The summed E-state index contributed by atoms with van der Waals surface area (Å²) in [4.78, 5) is 23.2. The number of amides is 1. The fourth-order valence-electron chi connectivity index (χ4n) is 2.75. The van der Waals surface area contributed by atoms with E-state index in [-0.39, 0.29) is 24.2 Å². The molecule has 1 unspecified atom stereocenters. The lowest BCUT2D eigenvalue weighted by Crippen LogP contribution is -2.44. The topological polar surface area (TPSA) is 66.4 Å². The van der Waals surface area contributed by atoms with E-state index >= 15 is 0 Å². The van der Waals surface area contributed by atoms with E-state index < -0.39 is 11.4 Å². The van der Waals surface area contributed by atoms with Gasteiger partial charge in [0.2, 0.25) is 5.91 Å². The second kappa shape index (κ2) is 6.24. The Morgan fingerprint density at radius 2 is 2.05 bits per heavy atom. The van der Waals surface area contributed by atoms with Crippen LogP contribution in [0.25, 0.3) is 0 Å². The van der Waals surface area contributed by atoms with Crippen LogP contribution < -0.4 is 5.32 Å². The third kappa shape index (κ3) is 3.60. The molecule has 0 aliphatic heterocycles. The Morgan fingerprint density at radius 3 is 2.57 bits per heavy atom. The first-order valence-electron chi connectivity index (χ1n) is 7.19. The summed E-state index contributed by atoms with van der Waals surface area (Å²) < 4.78 is 13.5. The van der Waals surface area contributed by atoms with Gasteiger partial charge in [0.15, 0.2) is 0 Å². The standard InChI is InChI=1S/C16H20FNO3/c1-11(9-12-5-2-3-6-13(12)17)18-14(19)10-16(15(20)21)7-4-8-16/h2-3,5-6,11H,4,7-10H2,1H3,(H,18,19)(H,20,21). The van der Waals surface area contributed by atoms with E-state index in [1.807, 2.05) is 0 Å². The minimum atomic E-state index is -0.898. The summed E-state index contributed by atoms with van der Waals surface area (Å²) in [5.74, 6) is -1.47. The molecule has 1 aliphatic rings. The molecule has 0 saturated heterocycles. The molecule has 5 heteroatoms. The van der Waals surface area contributed by atoms with Crippen LogP contribution in [0.2, 0.25) is 0 Å². The van der Waals surface area contributed by atoms with Gasteiger partial charge in [-0.3, -0.25) is 9.59 Å². The van der Waals surface area contributed by atoms with Gasteiger partial charge in [-0.05, 0) is 37.8 Å². The molecule has 114 valence electrons. The minimum absolute atomic E-state index is 0.00391. The lowest BCUT2D eigenvalue weighted by molar-refractivity contribution is -0.157. The number of carbonyl (C=O) groups is 2. The molecule has 2 rings (SSSR count). The van der Waals surface area contributed by atoms with Crippen molar-refractivity contribution in [2.75, 3.05) is 0 Å². The highest BCUT2D eigenvalue weighted by Crippen LogP contribution is 2.44. The van der Waals surface area contributed by atoms with Gasteiger partial charge in [0, 0.05) is 12.5 Å². The van der Waals surface area contributed by atoms with Crippen LogP contribution in [0, 0.1) is 11.2 Å². The number of benzene rings is 1. The Bertz CT molecular complexity index is 540. The first-order valence-corrected chi connectivity index (χ1v) is 7.19. The molecule has 1 aromatic rings. The van der Waals surface area contributed by atoms with Gasteiger partial charge >= 0.3 is 5.97 Å². The molecule has 1 saturated carbocycles. The summed E-state index contributed by atoms with van der Waals surface area (Å²) in [6, 6.07) is 6.21. The number of nitrogens with one attached hydrogen (secondary N) is 1. The second-order valence-electron chi connectivity index (χ2n) is 5.88. The number of rotatable bonds is 6. The Balaban J connectivity index is 1.88. The highest BCUT2D eigenvalue weighted by Gasteiger charge is 2.45. The highest BCUT2D eigenvalue weighted by atomic mass is 19.1. The molecule has 1 aliphatic carbocycles. The van der Waals surface area contributed by atoms with Crippen LogP contribution in [0.3, 0.4) is 0 Å². The van der Waals surface area contributed by atoms with Crippen molar-refractivity contribution in [3.8, 4) is 0 Å². The van der Waals surface area contributed by atoms with Gasteiger partial charge in [0.1, 0.15) is 5.82 Å². The zero-order valence-electron chi connectivity index (χ0n) is 12.1. The summed E-state index contributed by atoms with van der Waals surface area (Å²) in [6.45, 7) is 1.79. The van der Waals surface area contributed by atoms with Gasteiger partial charge in [-0.15, -0.1) is 0 Å². The quantitative estimate of drug-likeness (QED) is 0.847. The summed E-state index contributed by atoms with van der Waals surface area (Å²) >= 11 is 0. The van der Waals surface area contributed by atoms with Crippen LogP contribution in [-0.4, -0.2) is 23.0 Å². The molecule has 4 nitrogen and oxygen atoms in total. The van der Waals surface area contributed by atoms with Crippen molar-refractivity contribution >= 4 is 11.9 Å². The maximum absolute atomic E-state index is 13.5. The van der Waals surface area contributed by atoms with Crippen LogP contribution in [-0.2, 0) is 16.0 Å². The van der Waals surface area contributed by atoms with Crippen LogP contribution in [0.15, 0.2) is 24.3 Å². The second-order valence-corrected chi connectivity index (χ2v) is 5.88. The maximum Gasteiger partial charge on any atom is 0.310 e. The van der Waals surface area contributed by atoms with E-state index in [1.54, 1.807) is 25.1 Å². The minimum Gasteiger partial charge on any atom is -0.481 e. The van der Waals surface area contributed by atoms with Crippen LogP contribution in [0.5, 0.6) is 0 Å². The molecule has 1 atom stereocenters. The molecule has 0 heterocycles. The Morgan fingerprint density at radius 1 is 1.38 bits per heavy atom. The van der Waals surface area contributed by atoms with Gasteiger partial charge in [0.25, 0.3) is 0 Å². The van der Waals surface area contributed by atoms with Gasteiger partial charge in [-0.2, -0.15) is 0 Å². The van der Waals surface area contributed by atoms with Crippen molar-refractivity contribution in [1.82, 2.24) is 5.32 Å². The average molecular weight is 293 g/mol. The van der Waals surface area contributed by atoms with Crippen molar-refractivity contribution in [3.05, 3.63) is 35.6 Å². The first-order chi connectivity index (χ1) is 9.93. The first kappa shape index (κ1) is 15.5. The van der Waals surface area contributed by atoms with E-state index in [4.69, 9.17) is 0 Å². The zero-order chi connectivity index (χ0) is 15.5. The number of hydrogen-bond acceptors (Lipinski definition) is 2. The fourth-order valence-corrected chi connectivity index (χ4v) is 2.75. The molecule has 1 fully saturated rings. The number of halogens is 1. The van der Waals surface area contributed by atoms with Crippen molar-refractivity contribution in [2.45, 2.75) is 45.1 Å². The normalized spacial score (nSPS) is 17.6. The summed E-state index contributed by atoms with van der Waals surface area (Å²) in [5, 5.41) is 12.0. The molecule has 0 aromatic heterocycles. The number of aliphatic carboxylic acids is 1. The number of carboxylic acid groups (broad SMARTS) is 1. The lowest BCUT2D eigenvalue weighted by atomic mass is 9.66. The van der Waals surface area contributed by atoms with Crippen molar-refractivity contribution in [2.24, 2.45) is 5.41 Å². The molecule has 21 heavy (non-hydrogen) atoms. The van der Waals surface area contributed by atoms with Crippen LogP contribution in [0.1, 0.15) is 38.2 Å².